The molecule has 1 unspecified atom stereocenters. The molecular weight excluding hydrogens is 256 g/mol. The van der Waals surface area contributed by atoms with Crippen LogP contribution in [0.2, 0.25) is 0 Å². The fourth-order valence-electron chi connectivity index (χ4n) is 2.42. The third kappa shape index (κ3) is 4.03. The minimum absolute atomic E-state index is 0.0377. The maximum atomic E-state index is 11.7. The number of hydrogen-bond donors (Lipinski definition) is 1. The molecule has 110 valence electrons. The van der Waals surface area contributed by atoms with Crippen molar-refractivity contribution in [3.05, 3.63) is 35.9 Å². The van der Waals surface area contributed by atoms with E-state index in [1.165, 1.54) is 7.11 Å². The predicted molar refractivity (Wildman–Crippen MR) is 76.3 cm³/mol. The third-order valence-corrected chi connectivity index (χ3v) is 3.61. The molecule has 2 rings (SSSR count). The van der Waals surface area contributed by atoms with Gasteiger partial charge in [-0.15, -0.1) is 0 Å². The number of aliphatic hydroxyl groups is 1. The standard InChI is InChI=1S/C15H22N2O3/c1-20-12-15(19)17-9-7-16(8-10-17)11-14(18)13-5-3-2-4-6-13/h2-6,14,18H,7-12H2,1H3. The fourth-order valence-corrected chi connectivity index (χ4v) is 2.42. The normalized spacial score (nSPS) is 18.0. The molecule has 0 spiro atoms. The maximum Gasteiger partial charge on any atom is 0.248 e. The monoisotopic (exact) mass is 278 g/mol. The molecule has 0 radical (unpaired) electrons. The number of ether oxygens (including phenoxy) is 1. The first-order valence-corrected chi connectivity index (χ1v) is 6.93. The van der Waals surface area contributed by atoms with E-state index in [4.69, 9.17) is 4.74 Å². The molecule has 1 fully saturated rings. The number of hydrogen-bond acceptors (Lipinski definition) is 4. The van der Waals surface area contributed by atoms with E-state index in [0.29, 0.717) is 19.6 Å². The molecule has 20 heavy (non-hydrogen) atoms. The van der Waals surface area contributed by atoms with Gasteiger partial charge in [-0.25, -0.2) is 0 Å². The van der Waals surface area contributed by atoms with E-state index in [1.807, 2.05) is 35.2 Å². The number of nitrogens with zero attached hydrogens (tertiary/aromatic N) is 2. The largest absolute Gasteiger partial charge is 0.387 e. The zero-order valence-corrected chi connectivity index (χ0v) is 11.9. The Labute approximate surface area is 119 Å². The highest BCUT2D eigenvalue weighted by molar-refractivity contribution is 5.77. The van der Waals surface area contributed by atoms with Crippen LogP contribution in [0, 0.1) is 0 Å². The number of carbonyl (C=O) groups excluding carboxylic acids is 1. The summed E-state index contributed by atoms with van der Waals surface area (Å²) in [7, 11) is 1.53. The predicted octanol–water partition coefficient (Wildman–Crippen LogP) is 0.511. The van der Waals surface area contributed by atoms with E-state index >= 15 is 0 Å². The number of benzene rings is 1. The van der Waals surface area contributed by atoms with Crippen LogP contribution in [0.15, 0.2) is 30.3 Å². The quantitative estimate of drug-likeness (QED) is 0.853. The van der Waals surface area contributed by atoms with Crippen LogP contribution in [0.25, 0.3) is 0 Å². The van der Waals surface area contributed by atoms with Gasteiger partial charge >= 0.3 is 0 Å². The molecule has 0 aromatic heterocycles. The summed E-state index contributed by atoms with van der Waals surface area (Å²) < 4.78 is 4.86. The summed E-state index contributed by atoms with van der Waals surface area (Å²) >= 11 is 0. The van der Waals surface area contributed by atoms with Crippen molar-refractivity contribution in [1.82, 2.24) is 9.80 Å². The Balaban J connectivity index is 1.78. The smallest absolute Gasteiger partial charge is 0.248 e. The summed E-state index contributed by atoms with van der Waals surface area (Å²) in [6.45, 7) is 3.73. The van der Waals surface area contributed by atoms with Crippen LogP contribution in [0.1, 0.15) is 11.7 Å². The van der Waals surface area contributed by atoms with Crippen molar-refractivity contribution < 1.29 is 14.6 Å². The van der Waals surface area contributed by atoms with Crippen LogP contribution in [-0.4, -0.2) is 67.3 Å². The lowest BCUT2D eigenvalue weighted by atomic mass is 10.1. The van der Waals surface area contributed by atoms with Gasteiger partial charge in [0.25, 0.3) is 0 Å². The van der Waals surface area contributed by atoms with Crippen LogP contribution in [0.5, 0.6) is 0 Å². The Kier molecular flexibility index (Phi) is 5.52. The summed E-state index contributed by atoms with van der Waals surface area (Å²) in [6.07, 6.45) is -0.475. The lowest BCUT2D eigenvalue weighted by Crippen LogP contribution is -2.50. The Bertz CT molecular complexity index is 416. The van der Waals surface area contributed by atoms with E-state index in [0.717, 1.165) is 18.7 Å². The highest BCUT2D eigenvalue weighted by atomic mass is 16.5. The maximum absolute atomic E-state index is 11.7. The first-order valence-electron chi connectivity index (χ1n) is 6.93. The van der Waals surface area contributed by atoms with Crippen molar-refractivity contribution >= 4 is 5.91 Å². The first kappa shape index (κ1) is 15.0. The van der Waals surface area contributed by atoms with Gasteiger partial charge in [-0.3, -0.25) is 9.69 Å². The second-order valence-corrected chi connectivity index (χ2v) is 5.04. The molecule has 1 N–H and O–H groups in total. The molecule has 5 heteroatoms. The number of aliphatic hydroxyl groups excluding tert-OH is 1. The molecule has 0 aliphatic carbocycles. The zero-order chi connectivity index (χ0) is 14.4. The second kappa shape index (κ2) is 7.38. The van der Waals surface area contributed by atoms with Crippen molar-refractivity contribution in [1.29, 1.82) is 0 Å². The zero-order valence-electron chi connectivity index (χ0n) is 11.9. The summed E-state index contributed by atoms with van der Waals surface area (Å²) in [5.41, 5.74) is 0.936. The molecule has 1 heterocycles. The van der Waals surface area contributed by atoms with E-state index in [-0.39, 0.29) is 12.5 Å². The van der Waals surface area contributed by atoms with Gasteiger partial charge < -0.3 is 14.7 Å². The number of piperazine rings is 1. The van der Waals surface area contributed by atoms with Crippen LogP contribution in [-0.2, 0) is 9.53 Å². The molecule has 1 saturated heterocycles. The Morgan fingerprint density at radius 2 is 1.90 bits per heavy atom. The molecule has 1 aromatic rings. The molecule has 1 aromatic carbocycles. The van der Waals surface area contributed by atoms with E-state index in [1.54, 1.807) is 0 Å². The van der Waals surface area contributed by atoms with Gasteiger partial charge in [-0.2, -0.15) is 0 Å². The second-order valence-electron chi connectivity index (χ2n) is 5.04. The first-order chi connectivity index (χ1) is 9.70. The summed E-state index contributed by atoms with van der Waals surface area (Å²) in [5.74, 6) is 0.0377. The van der Waals surface area contributed by atoms with Gasteiger partial charge in [0.1, 0.15) is 6.61 Å². The SMILES string of the molecule is COCC(=O)N1CCN(CC(O)c2ccccc2)CC1. The van der Waals surface area contributed by atoms with Gasteiger partial charge in [-0.1, -0.05) is 30.3 Å². The van der Waals surface area contributed by atoms with Crippen LogP contribution >= 0.6 is 0 Å². The minimum atomic E-state index is -0.475. The molecule has 1 amide bonds. The number of β-amino-alcohol motifs (C(OH)–C–C–N with tert-alkyl or cyclic N) is 1. The Morgan fingerprint density at radius 1 is 1.25 bits per heavy atom. The summed E-state index contributed by atoms with van der Waals surface area (Å²) in [4.78, 5) is 15.7. The minimum Gasteiger partial charge on any atom is -0.387 e. The van der Waals surface area contributed by atoms with Gasteiger partial charge in [0.2, 0.25) is 5.91 Å². The number of carbonyl (C=O) groups is 1. The van der Waals surface area contributed by atoms with E-state index in [9.17, 15) is 9.90 Å². The lowest BCUT2D eigenvalue weighted by molar-refractivity contribution is -0.137. The van der Waals surface area contributed by atoms with Gasteiger partial charge in [0.05, 0.1) is 6.10 Å². The molecule has 1 aliphatic rings. The number of rotatable bonds is 5. The summed E-state index contributed by atoms with van der Waals surface area (Å²) in [5, 5.41) is 10.2. The van der Waals surface area contributed by atoms with Gasteiger partial charge in [-0.05, 0) is 5.56 Å². The lowest BCUT2D eigenvalue weighted by Gasteiger charge is -2.35. The summed E-state index contributed by atoms with van der Waals surface area (Å²) in [6, 6.07) is 9.67. The molecule has 5 nitrogen and oxygen atoms in total. The molecule has 1 atom stereocenters. The van der Waals surface area contributed by atoms with Crippen molar-refractivity contribution in [2.45, 2.75) is 6.10 Å². The van der Waals surface area contributed by atoms with Crippen LogP contribution < -0.4 is 0 Å². The average Bonchev–Trinajstić information content (AvgIpc) is 2.49. The number of amides is 1. The molecule has 0 bridgehead atoms. The molecular formula is C15H22N2O3. The third-order valence-electron chi connectivity index (χ3n) is 3.61. The van der Waals surface area contributed by atoms with Crippen molar-refractivity contribution in [3.63, 3.8) is 0 Å². The highest BCUT2D eigenvalue weighted by Gasteiger charge is 2.22. The highest BCUT2D eigenvalue weighted by Crippen LogP contribution is 2.14. The van der Waals surface area contributed by atoms with Crippen LogP contribution in [0.3, 0.4) is 0 Å². The van der Waals surface area contributed by atoms with E-state index in [2.05, 4.69) is 4.90 Å². The number of methoxy groups -OCH3 is 1. The molecule has 1 aliphatic heterocycles. The van der Waals surface area contributed by atoms with Crippen molar-refractivity contribution in [2.24, 2.45) is 0 Å². The fraction of sp³-hybridized carbons (Fsp3) is 0.533. The molecule has 0 saturated carbocycles. The topological polar surface area (TPSA) is 53.0 Å². The average molecular weight is 278 g/mol. The van der Waals surface area contributed by atoms with Gasteiger partial charge in [0.15, 0.2) is 0 Å². The Hall–Kier alpha value is -1.43. The Morgan fingerprint density at radius 3 is 2.50 bits per heavy atom. The van der Waals surface area contributed by atoms with Gasteiger partial charge in [0, 0.05) is 39.8 Å². The van der Waals surface area contributed by atoms with Crippen molar-refractivity contribution in [3.8, 4) is 0 Å². The van der Waals surface area contributed by atoms with Crippen LogP contribution in [0.4, 0.5) is 0 Å². The van der Waals surface area contributed by atoms with Crippen molar-refractivity contribution in [2.75, 3.05) is 46.4 Å². The van der Waals surface area contributed by atoms with E-state index < -0.39 is 6.10 Å².